The third kappa shape index (κ3) is 2.96. The average molecular weight is 281 g/mol. The summed E-state index contributed by atoms with van der Waals surface area (Å²) in [7, 11) is 0. The molecule has 0 atom stereocenters. The summed E-state index contributed by atoms with van der Waals surface area (Å²) < 4.78 is 0. The zero-order chi connectivity index (χ0) is 14.0. The van der Waals surface area contributed by atoms with Crippen LogP contribution in [0.25, 0.3) is 0 Å². The molecule has 1 heterocycles. The van der Waals surface area contributed by atoms with Crippen LogP contribution in [0.2, 0.25) is 0 Å². The van der Waals surface area contributed by atoms with Crippen molar-refractivity contribution >= 4 is 16.8 Å². The molecular formula is C18H19NS. The number of hydrogen-bond acceptors (Lipinski definition) is 2. The minimum absolute atomic E-state index is 0.00732. The molecule has 0 aliphatic carbocycles. The molecule has 2 aromatic rings. The normalized spacial score (nSPS) is 16.4. The van der Waals surface area contributed by atoms with E-state index in [9.17, 15) is 0 Å². The lowest BCUT2D eigenvalue weighted by Gasteiger charge is -2.28. The summed E-state index contributed by atoms with van der Waals surface area (Å²) in [6, 6.07) is 19.3. The Morgan fingerprint density at radius 2 is 1.70 bits per heavy atom. The van der Waals surface area contributed by atoms with E-state index in [2.05, 4.69) is 68.4 Å². The smallest absolute Gasteiger partial charge is 0.0989 e. The fraction of sp³-hybridized carbons (Fsp3) is 0.278. The van der Waals surface area contributed by atoms with Crippen LogP contribution < -0.4 is 0 Å². The van der Waals surface area contributed by atoms with Crippen molar-refractivity contribution in [3.8, 4) is 0 Å². The van der Waals surface area contributed by atoms with Gasteiger partial charge in [-0.1, -0.05) is 54.6 Å². The van der Waals surface area contributed by atoms with Crippen molar-refractivity contribution in [2.24, 2.45) is 4.99 Å². The molecule has 0 unspecified atom stereocenters. The van der Waals surface area contributed by atoms with Gasteiger partial charge in [-0.2, -0.15) is 0 Å². The van der Waals surface area contributed by atoms with Gasteiger partial charge in [0.15, 0.2) is 0 Å². The molecule has 0 saturated heterocycles. The molecule has 0 N–H and O–H groups in total. The molecule has 0 bridgehead atoms. The summed E-state index contributed by atoms with van der Waals surface area (Å²) in [5.74, 6) is 0.976. The topological polar surface area (TPSA) is 12.4 Å². The monoisotopic (exact) mass is 281 g/mol. The van der Waals surface area contributed by atoms with Gasteiger partial charge in [0.25, 0.3) is 0 Å². The molecule has 0 amide bonds. The molecule has 2 aromatic carbocycles. The number of benzene rings is 2. The van der Waals surface area contributed by atoms with E-state index in [1.54, 1.807) is 0 Å². The first kappa shape index (κ1) is 13.4. The van der Waals surface area contributed by atoms with Crippen LogP contribution in [0, 0.1) is 0 Å². The molecule has 3 rings (SSSR count). The van der Waals surface area contributed by atoms with Gasteiger partial charge in [0.2, 0.25) is 0 Å². The lowest BCUT2D eigenvalue weighted by Crippen LogP contribution is -2.27. The molecule has 0 radical (unpaired) electrons. The number of rotatable bonds is 2. The largest absolute Gasteiger partial charge is 0.271 e. The van der Waals surface area contributed by atoms with E-state index >= 15 is 0 Å². The van der Waals surface area contributed by atoms with Gasteiger partial charge in [-0.15, -0.1) is 11.8 Å². The Morgan fingerprint density at radius 3 is 2.50 bits per heavy atom. The van der Waals surface area contributed by atoms with Gasteiger partial charge >= 0.3 is 0 Å². The van der Waals surface area contributed by atoms with Gasteiger partial charge in [-0.05, 0) is 31.4 Å². The molecule has 102 valence electrons. The summed E-state index contributed by atoms with van der Waals surface area (Å²) in [4.78, 5) is 4.95. The molecule has 20 heavy (non-hydrogen) atoms. The Bertz CT molecular complexity index is 629. The molecular weight excluding hydrogens is 262 g/mol. The van der Waals surface area contributed by atoms with Crippen molar-refractivity contribution in [1.29, 1.82) is 0 Å². The Kier molecular flexibility index (Phi) is 3.66. The van der Waals surface area contributed by atoms with E-state index in [1.165, 1.54) is 21.7 Å². The quantitative estimate of drug-likeness (QED) is 0.777. The fourth-order valence-corrected chi connectivity index (χ4v) is 3.72. The minimum Gasteiger partial charge on any atom is -0.271 e. The Morgan fingerprint density at radius 1 is 1.00 bits per heavy atom. The van der Waals surface area contributed by atoms with Gasteiger partial charge in [-0.3, -0.25) is 4.99 Å². The van der Waals surface area contributed by atoms with Crippen LogP contribution in [0.1, 0.15) is 30.5 Å². The Labute approximate surface area is 125 Å². The second-order valence-corrected chi connectivity index (χ2v) is 6.80. The predicted molar refractivity (Wildman–Crippen MR) is 88.5 cm³/mol. The highest BCUT2D eigenvalue weighted by molar-refractivity contribution is 8.13. The number of aliphatic imine (C=N–C) groups is 1. The van der Waals surface area contributed by atoms with Crippen molar-refractivity contribution in [3.63, 3.8) is 0 Å². The van der Waals surface area contributed by atoms with Crippen LogP contribution in [0.5, 0.6) is 0 Å². The molecule has 0 aromatic heterocycles. The maximum absolute atomic E-state index is 4.95. The lowest BCUT2D eigenvalue weighted by molar-refractivity contribution is 0.515. The lowest BCUT2D eigenvalue weighted by atomic mass is 9.90. The zero-order valence-electron chi connectivity index (χ0n) is 12.0. The van der Waals surface area contributed by atoms with Gasteiger partial charge in [0, 0.05) is 11.3 Å². The first-order valence-electron chi connectivity index (χ1n) is 6.99. The van der Waals surface area contributed by atoms with Crippen LogP contribution in [0.3, 0.4) is 0 Å². The zero-order valence-corrected chi connectivity index (χ0v) is 12.8. The number of thioether (sulfide) groups is 1. The van der Waals surface area contributed by atoms with Crippen molar-refractivity contribution in [2.75, 3.05) is 0 Å². The molecule has 0 spiro atoms. The fourth-order valence-electron chi connectivity index (χ4n) is 2.56. The summed E-state index contributed by atoms with van der Waals surface area (Å²) in [6.45, 7) is 4.43. The highest BCUT2D eigenvalue weighted by atomic mass is 32.2. The molecule has 1 aliphatic rings. The van der Waals surface area contributed by atoms with Crippen molar-refractivity contribution in [1.82, 2.24) is 0 Å². The van der Waals surface area contributed by atoms with Crippen LogP contribution in [0.4, 0.5) is 0 Å². The third-order valence-corrected chi connectivity index (χ3v) is 4.56. The van der Waals surface area contributed by atoms with E-state index in [0.717, 1.165) is 12.2 Å². The standard InChI is InChI=1S/C18H19NS/c1-18(2)12-15-10-6-7-11-16(15)17(19-18)20-13-14-8-4-3-5-9-14/h3-11H,12-13H2,1-2H3. The van der Waals surface area contributed by atoms with Crippen LogP contribution >= 0.6 is 11.8 Å². The summed E-state index contributed by atoms with van der Waals surface area (Å²) in [5, 5.41) is 1.18. The maximum atomic E-state index is 4.95. The van der Waals surface area contributed by atoms with Crippen molar-refractivity contribution in [2.45, 2.75) is 31.6 Å². The van der Waals surface area contributed by atoms with E-state index in [0.29, 0.717) is 0 Å². The number of hydrogen-bond donors (Lipinski definition) is 0. The van der Waals surface area contributed by atoms with Gasteiger partial charge < -0.3 is 0 Å². The van der Waals surface area contributed by atoms with Crippen LogP contribution in [-0.2, 0) is 12.2 Å². The maximum Gasteiger partial charge on any atom is 0.0989 e. The van der Waals surface area contributed by atoms with Crippen LogP contribution in [0.15, 0.2) is 59.6 Å². The minimum atomic E-state index is 0.00732. The number of fused-ring (bicyclic) bond motifs is 1. The molecule has 2 heteroatoms. The molecule has 1 nitrogen and oxygen atoms in total. The van der Waals surface area contributed by atoms with E-state index in [-0.39, 0.29) is 5.54 Å². The van der Waals surface area contributed by atoms with E-state index in [4.69, 9.17) is 4.99 Å². The Hall–Kier alpha value is -1.54. The average Bonchev–Trinajstić information content (AvgIpc) is 2.45. The summed E-state index contributed by atoms with van der Waals surface area (Å²) >= 11 is 1.85. The molecule has 0 fully saturated rings. The van der Waals surface area contributed by atoms with E-state index in [1.807, 2.05) is 11.8 Å². The second kappa shape index (κ2) is 5.45. The number of nitrogens with zero attached hydrogens (tertiary/aromatic N) is 1. The van der Waals surface area contributed by atoms with Gasteiger partial charge in [0.05, 0.1) is 10.6 Å². The van der Waals surface area contributed by atoms with Gasteiger partial charge in [0.1, 0.15) is 0 Å². The van der Waals surface area contributed by atoms with Gasteiger partial charge in [-0.25, -0.2) is 0 Å². The van der Waals surface area contributed by atoms with Crippen molar-refractivity contribution in [3.05, 3.63) is 71.3 Å². The Balaban J connectivity index is 1.85. The second-order valence-electron chi connectivity index (χ2n) is 5.84. The third-order valence-electron chi connectivity index (χ3n) is 3.49. The molecule has 1 aliphatic heterocycles. The molecule has 0 saturated carbocycles. The highest BCUT2D eigenvalue weighted by Gasteiger charge is 2.26. The predicted octanol–water partition coefficient (Wildman–Crippen LogP) is 4.70. The summed E-state index contributed by atoms with van der Waals surface area (Å²) in [6.07, 6.45) is 1.03. The summed E-state index contributed by atoms with van der Waals surface area (Å²) in [5.41, 5.74) is 4.09. The first-order chi connectivity index (χ1) is 9.64. The van der Waals surface area contributed by atoms with Crippen molar-refractivity contribution < 1.29 is 0 Å². The van der Waals surface area contributed by atoms with E-state index < -0.39 is 0 Å². The SMILES string of the molecule is CC1(C)Cc2ccccc2C(SCc2ccccc2)=N1. The highest BCUT2D eigenvalue weighted by Crippen LogP contribution is 2.31. The first-order valence-corrected chi connectivity index (χ1v) is 7.97. The van der Waals surface area contributed by atoms with Crippen LogP contribution in [-0.4, -0.2) is 10.6 Å².